The fraction of sp³-hybridized carbons (Fsp3) is 0.231. The normalized spacial score (nSPS) is 14.0. The van der Waals surface area contributed by atoms with Crippen LogP contribution in [0.1, 0.15) is 17.2 Å². The van der Waals surface area contributed by atoms with E-state index in [1.165, 1.54) is 6.07 Å². The van der Waals surface area contributed by atoms with Crippen molar-refractivity contribution < 1.29 is 26.0 Å². The summed E-state index contributed by atoms with van der Waals surface area (Å²) in [6.07, 6.45) is -4.89. The maximum absolute atomic E-state index is 13.2. The molecule has 23 heavy (non-hydrogen) atoms. The minimum absolute atomic E-state index is 0.177. The van der Waals surface area contributed by atoms with Crippen LogP contribution in [0.3, 0.4) is 0 Å². The van der Waals surface area contributed by atoms with Crippen LogP contribution in [0.25, 0.3) is 0 Å². The topological polar surface area (TPSA) is 46.2 Å². The van der Waals surface area contributed by atoms with Crippen LogP contribution in [0.5, 0.6) is 0 Å². The molecule has 0 spiro atoms. The first-order valence-electron chi connectivity index (χ1n) is 6.11. The minimum atomic E-state index is -4.89. The molecule has 2 aromatic rings. The number of hydrogen-bond acceptors (Lipinski definition) is 3. The molecule has 1 aromatic heterocycles. The first-order valence-corrected chi connectivity index (χ1v) is 8.79. The monoisotopic (exact) mass is 387 g/mol. The standard InChI is InChI=1S/C13H10ClF4NO2S2/c1-7-6-10(22-12(7)14)23(20,21)19-11(13(16,17)18)8-2-4-9(15)5-3-8/h2-6,11,19H,1H3. The Bertz CT molecular complexity index is 781. The van der Waals surface area contributed by atoms with E-state index in [4.69, 9.17) is 11.6 Å². The number of halogens is 5. The highest BCUT2D eigenvalue weighted by molar-refractivity contribution is 7.91. The Morgan fingerprint density at radius 2 is 1.78 bits per heavy atom. The van der Waals surface area contributed by atoms with Crippen molar-refractivity contribution in [3.8, 4) is 0 Å². The lowest BCUT2D eigenvalue weighted by molar-refractivity contribution is -0.153. The Kier molecular flexibility index (Phi) is 5.05. The van der Waals surface area contributed by atoms with Gasteiger partial charge >= 0.3 is 6.18 Å². The van der Waals surface area contributed by atoms with E-state index in [0.717, 1.165) is 24.3 Å². The fourth-order valence-electron chi connectivity index (χ4n) is 1.76. The molecule has 0 fully saturated rings. The van der Waals surface area contributed by atoms with Crippen LogP contribution < -0.4 is 4.72 Å². The predicted molar refractivity (Wildman–Crippen MR) is 79.6 cm³/mol. The van der Waals surface area contributed by atoms with Gasteiger partial charge in [0.15, 0.2) is 0 Å². The third-order valence-electron chi connectivity index (χ3n) is 2.90. The van der Waals surface area contributed by atoms with Gasteiger partial charge in [-0.15, -0.1) is 11.3 Å². The number of thiophene rings is 1. The summed E-state index contributed by atoms with van der Waals surface area (Å²) in [5.41, 5.74) is 0.0317. The molecule has 1 heterocycles. The van der Waals surface area contributed by atoms with Gasteiger partial charge in [-0.2, -0.15) is 17.9 Å². The number of hydrogen-bond donors (Lipinski definition) is 1. The van der Waals surface area contributed by atoms with E-state index in [1.807, 2.05) is 0 Å². The van der Waals surface area contributed by atoms with Gasteiger partial charge in [-0.3, -0.25) is 0 Å². The van der Waals surface area contributed by atoms with Crippen LogP contribution >= 0.6 is 22.9 Å². The minimum Gasteiger partial charge on any atom is -0.207 e. The maximum Gasteiger partial charge on any atom is 0.408 e. The van der Waals surface area contributed by atoms with Gasteiger partial charge in [0.2, 0.25) is 0 Å². The van der Waals surface area contributed by atoms with Gasteiger partial charge < -0.3 is 0 Å². The van der Waals surface area contributed by atoms with E-state index in [0.29, 0.717) is 16.9 Å². The lowest BCUT2D eigenvalue weighted by Gasteiger charge is -2.21. The summed E-state index contributed by atoms with van der Waals surface area (Å²) in [5, 5.41) is 0. The largest absolute Gasteiger partial charge is 0.408 e. The molecule has 2 rings (SSSR count). The zero-order valence-electron chi connectivity index (χ0n) is 11.5. The van der Waals surface area contributed by atoms with Gasteiger partial charge in [-0.25, -0.2) is 12.8 Å². The van der Waals surface area contributed by atoms with Gasteiger partial charge in [-0.1, -0.05) is 23.7 Å². The SMILES string of the molecule is Cc1cc(S(=O)(=O)NC(c2ccc(F)cc2)C(F)(F)F)sc1Cl. The predicted octanol–water partition coefficient (Wildman–Crippen LogP) is 4.43. The van der Waals surface area contributed by atoms with Gasteiger partial charge in [0.05, 0.1) is 4.34 Å². The second kappa shape index (κ2) is 6.39. The van der Waals surface area contributed by atoms with Crippen LogP contribution in [0, 0.1) is 12.7 Å². The summed E-state index contributed by atoms with van der Waals surface area (Å²) in [5.74, 6) is -0.724. The highest BCUT2D eigenvalue weighted by Crippen LogP contribution is 2.36. The molecule has 0 bridgehead atoms. The van der Waals surface area contributed by atoms with Crippen molar-refractivity contribution in [2.75, 3.05) is 0 Å². The Morgan fingerprint density at radius 3 is 2.22 bits per heavy atom. The van der Waals surface area contributed by atoms with E-state index in [9.17, 15) is 26.0 Å². The van der Waals surface area contributed by atoms with Crippen molar-refractivity contribution in [1.82, 2.24) is 4.72 Å². The molecular weight excluding hydrogens is 378 g/mol. The Balaban J connectivity index is 2.40. The molecule has 1 N–H and O–H groups in total. The zero-order chi connectivity index (χ0) is 17.4. The number of alkyl halides is 3. The molecule has 0 aliphatic rings. The maximum atomic E-state index is 13.2. The first kappa shape index (κ1) is 18.2. The molecule has 1 atom stereocenters. The van der Waals surface area contributed by atoms with E-state index in [1.54, 1.807) is 11.6 Å². The second-order valence-electron chi connectivity index (χ2n) is 4.67. The summed E-state index contributed by atoms with van der Waals surface area (Å²) in [4.78, 5) is 0. The summed E-state index contributed by atoms with van der Waals surface area (Å²) in [6.45, 7) is 1.54. The molecule has 1 unspecified atom stereocenters. The molecule has 0 saturated carbocycles. The fourth-order valence-corrected chi connectivity index (χ4v) is 4.69. The number of nitrogens with one attached hydrogen (secondary N) is 1. The highest BCUT2D eigenvalue weighted by atomic mass is 35.5. The Labute approximate surface area is 138 Å². The van der Waals surface area contributed by atoms with E-state index in [2.05, 4.69) is 0 Å². The van der Waals surface area contributed by atoms with Crippen LogP contribution in [0.4, 0.5) is 17.6 Å². The third kappa shape index (κ3) is 4.23. The van der Waals surface area contributed by atoms with Crippen molar-refractivity contribution in [1.29, 1.82) is 0 Å². The van der Waals surface area contributed by atoms with E-state index >= 15 is 0 Å². The van der Waals surface area contributed by atoms with Gasteiger partial charge in [-0.05, 0) is 36.2 Å². The lowest BCUT2D eigenvalue weighted by atomic mass is 10.1. The average Bonchev–Trinajstić information content (AvgIpc) is 2.77. The molecule has 0 amide bonds. The molecule has 1 aromatic carbocycles. The molecule has 0 aliphatic carbocycles. The van der Waals surface area contributed by atoms with Crippen molar-refractivity contribution in [3.63, 3.8) is 0 Å². The number of benzene rings is 1. The van der Waals surface area contributed by atoms with Crippen molar-refractivity contribution in [3.05, 3.63) is 51.6 Å². The molecule has 10 heteroatoms. The van der Waals surface area contributed by atoms with E-state index in [-0.39, 0.29) is 8.55 Å². The van der Waals surface area contributed by atoms with Crippen LogP contribution in [-0.2, 0) is 10.0 Å². The third-order valence-corrected chi connectivity index (χ3v) is 6.35. The van der Waals surface area contributed by atoms with Crippen LogP contribution in [0.2, 0.25) is 4.34 Å². The summed E-state index contributed by atoms with van der Waals surface area (Å²) < 4.78 is 78.2. The average molecular weight is 388 g/mol. The molecule has 0 radical (unpaired) electrons. The number of sulfonamides is 1. The van der Waals surface area contributed by atoms with Gasteiger partial charge in [0.1, 0.15) is 16.1 Å². The molecule has 3 nitrogen and oxygen atoms in total. The Morgan fingerprint density at radius 1 is 1.22 bits per heavy atom. The number of rotatable bonds is 4. The van der Waals surface area contributed by atoms with Crippen molar-refractivity contribution in [2.45, 2.75) is 23.4 Å². The smallest absolute Gasteiger partial charge is 0.207 e. The Hall–Kier alpha value is -1.16. The molecular formula is C13H10ClF4NO2S2. The summed E-state index contributed by atoms with van der Waals surface area (Å²) >= 11 is 6.42. The van der Waals surface area contributed by atoms with Crippen LogP contribution in [-0.4, -0.2) is 14.6 Å². The van der Waals surface area contributed by atoms with Crippen molar-refractivity contribution in [2.24, 2.45) is 0 Å². The molecule has 0 aliphatic heterocycles. The lowest BCUT2D eigenvalue weighted by Crippen LogP contribution is -2.37. The summed E-state index contributed by atoms with van der Waals surface area (Å²) in [7, 11) is -4.43. The molecule has 0 saturated heterocycles. The van der Waals surface area contributed by atoms with Crippen LogP contribution in [0.15, 0.2) is 34.5 Å². The quantitative estimate of drug-likeness (QED) is 0.789. The molecule has 126 valence electrons. The van der Waals surface area contributed by atoms with Crippen molar-refractivity contribution >= 4 is 33.0 Å². The van der Waals surface area contributed by atoms with Gasteiger partial charge in [0.25, 0.3) is 10.0 Å². The number of aryl methyl sites for hydroxylation is 1. The van der Waals surface area contributed by atoms with Gasteiger partial charge in [0, 0.05) is 0 Å². The summed E-state index contributed by atoms with van der Waals surface area (Å²) in [6, 6.07) is 2.11. The highest BCUT2D eigenvalue weighted by Gasteiger charge is 2.43. The second-order valence-corrected chi connectivity index (χ2v) is 8.26. The van der Waals surface area contributed by atoms with E-state index < -0.39 is 33.6 Å². The zero-order valence-corrected chi connectivity index (χ0v) is 13.9. The first-order chi connectivity index (χ1) is 10.5.